The van der Waals surface area contributed by atoms with Gasteiger partial charge in [-0.25, -0.2) is 8.42 Å². The Morgan fingerprint density at radius 1 is 1.17 bits per heavy atom. The Hall–Kier alpha value is -2.34. The Balaban J connectivity index is 1.96. The van der Waals surface area contributed by atoms with Crippen molar-refractivity contribution in [1.29, 1.82) is 0 Å². The summed E-state index contributed by atoms with van der Waals surface area (Å²) in [5.74, 6) is -0.0560. The molecule has 3 rings (SSSR count). The summed E-state index contributed by atoms with van der Waals surface area (Å²) in [5, 5.41) is 2.82. The largest absolute Gasteiger partial charge is 0.326 e. The summed E-state index contributed by atoms with van der Waals surface area (Å²) in [6.07, 6.45) is 1.96. The molecule has 24 heavy (non-hydrogen) atoms. The Labute approximate surface area is 142 Å². The van der Waals surface area contributed by atoms with Crippen molar-refractivity contribution >= 4 is 27.3 Å². The lowest BCUT2D eigenvalue weighted by Crippen LogP contribution is -2.35. The first kappa shape index (κ1) is 16.5. The molecule has 1 N–H and O–H groups in total. The average molecular weight is 344 g/mol. The zero-order valence-corrected chi connectivity index (χ0v) is 14.3. The van der Waals surface area contributed by atoms with Crippen molar-refractivity contribution in [1.82, 2.24) is 0 Å². The molecule has 1 aliphatic rings. The number of hydrogen-bond donors (Lipinski definition) is 1. The summed E-state index contributed by atoms with van der Waals surface area (Å²) in [7, 11) is -3.57. The van der Waals surface area contributed by atoms with Gasteiger partial charge in [0.25, 0.3) is 10.0 Å². The molecule has 0 aromatic heterocycles. The normalized spacial score (nSPS) is 14.1. The van der Waals surface area contributed by atoms with E-state index >= 15 is 0 Å². The third kappa shape index (κ3) is 3.14. The summed E-state index contributed by atoms with van der Waals surface area (Å²) in [6, 6.07) is 13.9. The highest BCUT2D eigenvalue weighted by atomic mass is 32.2. The monoisotopic (exact) mass is 344 g/mol. The molecular formula is C18H20N2O3S. The summed E-state index contributed by atoms with van der Waals surface area (Å²) in [4.78, 5) is 11.8. The molecule has 6 heteroatoms. The maximum absolute atomic E-state index is 12.9. The number of rotatable bonds is 4. The standard InChI is InChI=1S/C18H20N2O3S/c1-2-18(21)19-15-10-11-17-14(13-15)7-6-12-20(17)24(22,23)16-8-4-3-5-9-16/h3-5,8-11,13H,2,6-7,12H2,1H3,(H,19,21). The van der Waals surface area contributed by atoms with E-state index in [1.165, 1.54) is 4.31 Å². The van der Waals surface area contributed by atoms with E-state index in [9.17, 15) is 13.2 Å². The maximum atomic E-state index is 12.9. The van der Waals surface area contributed by atoms with Crippen LogP contribution < -0.4 is 9.62 Å². The predicted molar refractivity (Wildman–Crippen MR) is 94.7 cm³/mol. The Morgan fingerprint density at radius 2 is 1.92 bits per heavy atom. The quantitative estimate of drug-likeness (QED) is 0.926. The first-order valence-corrected chi connectivity index (χ1v) is 9.47. The number of carbonyl (C=O) groups is 1. The van der Waals surface area contributed by atoms with Gasteiger partial charge in [0.1, 0.15) is 0 Å². The van der Waals surface area contributed by atoms with Gasteiger partial charge in [0, 0.05) is 18.7 Å². The van der Waals surface area contributed by atoms with E-state index in [1.54, 1.807) is 49.4 Å². The van der Waals surface area contributed by atoms with Crippen LogP contribution in [0.1, 0.15) is 25.3 Å². The van der Waals surface area contributed by atoms with Crippen LogP contribution in [0.4, 0.5) is 11.4 Å². The van der Waals surface area contributed by atoms with Crippen LogP contribution in [-0.2, 0) is 21.2 Å². The molecule has 0 saturated carbocycles. The highest BCUT2D eigenvalue weighted by molar-refractivity contribution is 7.92. The SMILES string of the molecule is CCC(=O)Nc1ccc2c(c1)CCCN2S(=O)(=O)c1ccccc1. The van der Waals surface area contributed by atoms with Gasteiger partial charge in [0.15, 0.2) is 0 Å². The molecule has 0 saturated heterocycles. The first-order chi connectivity index (χ1) is 11.5. The molecule has 1 amide bonds. The second-order valence-electron chi connectivity index (χ2n) is 5.74. The van der Waals surface area contributed by atoms with E-state index < -0.39 is 10.0 Å². The maximum Gasteiger partial charge on any atom is 0.264 e. The van der Waals surface area contributed by atoms with Crippen LogP contribution in [0.25, 0.3) is 0 Å². The molecule has 2 aromatic rings. The minimum atomic E-state index is -3.57. The van der Waals surface area contributed by atoms with Gasteiger partial charge in [0.2, 0.25) is 5.91 Å². The molecule has 0 spiro atoms. The number of anilines is 2. The molecule has 0 fully saturated rings. The highest BCUT2D eigenvalue weighted by Crippen LogP contribution is 2.33. The number of fused-ring (bicyclic) bond motifs is 1. The minimum absolute atomic E-state index is 0.0560. The fourth-order valence-corrected chi connectivity index (χ4v) is 4.42. The molecule has 126 valence electrons. The van der Waals surface area contributed by atoms with Gasteiger partial charge in [-0.1, -0.05) is 25.1 Å². The minimum Gasteiger partial charge on any atom is -0.326 e. The smallest absolute Gasteiger partial charge is 0.264 e. The van der Waals surface area contributed by atoms with Crippen molar-refractivity contribution < 1.29 is 13.2 Å². The number of benzene rings is 2. The molecular weight excluding hydrogens is 324 g/mol. The molecule has 0 atom stereocenters. The van der Waals surface area contributed by atoms with Crippen molar-refractivity contribution in [3.05, 3.63) is 54.1 Å². The van der Waals surface area contributed by atoms with Crippen molar-refractivity contribution in [3.8, 4) is 0 Å². The fraction of sp³-hybridized carbons (Fsp3) is 0.278. The van der Waals surface area contributed by atoms with Crippen molar-refractivity contribution in [2.75, 3.05) is 16.2 Å². The number of hydrogen-bond acceptors (Lipinski definition) is 3. The van der Waals surface area contributed by atoms with Gasteiger partial charge in [-0.2, -0.15) is 0 Å². The lowest BCUT2D eigenvalue weighted by Gasteiger charge is -2.30. The number of nitrogens with zero attached hydrogens (tertiary/aromatic N) is 1. The van der Waals surface area contributed by atoms with Crippen LogP contribution in [-0.4, -0.2) is 20.9 Å². The number of sulfonamides is 1. The Kier molecular flexibility index (Phi) is 4.57. The zero-order chi connectivity index (χ0) is 17.2. The molecule has 1 heterocycles. The van der Waals surface area contributed by atoms with Gasteiger partial charge in [-0.15, -0.1) is 0 Å². The van der Waals surface area contributed by atoms with Crippen LogP contribution >= 0.6 is 0 Å². The molecule has 2 aromatic carbocycles. The van der Waals surface area contributed by atoms with Crippen LogP contribution in [0.15, 0.2) is 53.4 Å². The van der Waals surface area contributed by atoms with Crippen molar-refractivity contribution in [3.63, 3.8) is 0 Å². The molecule has 0 bridgehead atoms. The van der Waals surface area contributed by atoms with Crippen LogP contribution in [0.3, 0.4) is 0 Å². The topological polar surface area (TPSA) is 66.5 Å². The number of aryl methyl sites for hydroxylation is 1. The lowest BCUT2D eigenvalue weighted by atomic mass is 10.0. The van der Waals surface area contributed by atoms with Gasteiger partial charge >= 0.3 is 0 Å². The Bertz CT molecular complexity index is 848. The van der Waals surface area contributed by atoms with Crippen LogP contribution in [0, 0.1) is 0 Å². The predicted octanol–water partition coefficient (Wildman–Crippen LogP) is 3.18. The van der Waals surface area contributed by atoms with Gasteiger partial charge in [-0.3, -0.25) is 9.10 Å². The van der Waals surface area contributed by atoms with Gasteiger partial charge in [-0.05, 0) is 48.7 Å². The first-order valence-electron chi connectivity index (χ1n) is 8.03. The fourth-order valence-electron chi connectivity index (χ4n) is 2.86. The third-order valence-electron chi connectivity index (χ3n) is 4.09. The second-order valence-corrected chi connectivity index (χ2v) is 7.60. The lowest BCUT2D eigenvalue weighted by molar-refractivity contribution is -0.115. The number of carbonyl (C=O) groups excluding carboxylic acids is 1. The summed E-state index contributed by atoms with van der Waals surface area (Å²) >= 11 is 0. The second kappa shape index (κ2) is 6.65. The van der Waals surface area contributed by atoms with Gasteiger partial charge in [0.05, 0.1) is 10.6 Å². The van der Waals surface area contributed by atoms with E-state index in [-0.39, 0.29) is 5.91 Å². The van der Waals surface area contributed by atoms with Crippen molar-refractivity contribution in [2.45, 2.75) is 31.1 Å². The van der Waals surface area contributed by atoms with E-state index in [2.05, 4.69) is 5.32 Å². The summed E-state index contributed by atoms with van der Waals surface area (Å²) < 4.78 is 27.3. The summed E-state index contributed by atoms with van der Waals surface area (Å²) in [6.45, 7) is 2.26. The zero-order valence-electron chi connectivity index (χ0n) is 13.5. The average Bonchev–Trinajstić information content (AvgIpc) is 2.61. The number of nitrogens with one attached hydrogen (secondary N) is 1. The molecule has 0 aliphatic carbocycles. The molecule has 0 radical (unpaired) electrons. The van der Waals surface area contributed by atoms with E-state index in [0.29, 0.717) is 29.2 Å². The molecule has 0 unspecified atom stereocenters. The van der Waals surface area contributed by atoms with E-state index in [4.69, 9.17) is 0 Å². The number of amides is 1. The van der Waals surface area contributed by atoms with Crippen LogP contribution in [0.5, 0.6) is 0 Å². The van der Waals surface area contributed by atoms with Gasteiger partial charge < -0.3 is 5.32 Å². The van der Waals surface area contributed by atoms with E-state index in [0.717, 1.165) is 18.4 Å². The molecule has 5 nitrogen and oxygen atoms in total. The van der Waals surface area contributed by atoms with E-state index in [1.807, 2.05) is 6.07 Å². The molecule has 1 aliphatic heterocycles. The highest BCUT2D eigenvalue weighted by Gasteiger charge is 2.29. The van der Waals surface area contributed by atoms with Crippen LogP contribution in [0.2, 0.25) is 0 Å². The Morgan fingerprint density at radius 3 is 2.62 bits per heavy atom. The summed E-state index contributed by atoms with van der Waals surface area (Å²) in [5.41, 5.74) is 2.34. The van der Waals surface area contributed by atoms with Crippen molar-refractivity contribution in [2.24, 2.45) is 0 Å². The third-order valence-corrected chi connectivity index (χ3v) is 5.92.